The molecule has 21 heavy (non-hydrogen) atoms. The number of urea groups is 1. The first-order valence-electron chi connectivity index (χ1n) is 5.95. The fourth-order valence-electron chi connectivity index (χ4n) is 1.30. The average molecular weight is 323 g/mol. The van der Waals surface area contributed by atoms with Crippen LogP contribution in [0.25, 0.3) is 12.2 Å². The molecular weight excluding hydrogens is 310 g/mol. The molecule has 0 saturated heterocycles. The average Bonchev–Trinajstić information content (AvgIpc) is 3.14. The highest BCUT2D eigenvalue weighted by Crippen LogP contribution is 2.14. The lowest BCUT2D eigenvalue weighted by atomic mass is 10.4. The van der Waals surface area contributed by atoms with Gasteiger partial charge in [-0.05, 0) is 23.6 Å². The summed E-state index contributed by atoms with van der Waals surface area (Å²) in [6, 6.07) is 3.43. The minimum atomic E-state index is -0.532. The molecule has 0 aliphatic heterocycles. The maximum absolute atomic E-state index is 11.4. The Morgan fingerprint density at radius 3 is 3.05 bits per heavy atom. The summed E-state index contributed by atoms with van der Waals surface area (Å²) < 4.78 is 0. The van der Waals surface area contributed by atoms with Gasteiger partial charge in [0.1, 0.15) is 5.82 Å². The Bertz CT molecular complexity index is 636. The third kappa shape index (κ3) is 5.04. The predicted molar refractivity (Wildman–Crippen MR) is 83.0 cm³/mol. The Morgan fingerprint density at radius 1 is 1.48 bits per heavy atom. The number of carbonyl (C=O) groups excluding carboxylic acids is 2. The molecule has 0 fully saturated rings. The highest BCUT2D eigenvalue weighted by Gasteiger charge is 2.09. The summed E-state index contributed by atoms with van der Waals surface area (Å²) >= 11 is 2.77. The Labute approximate surface area is 129 Å². The number of hydrogen-bond donors (Lipinski definition) is 3. The molecule has 2 aromatic rings. The number of aromatic amines is 1. The number of carbonyl (C=O) groups is 2. The van der Waals surface area contributed by atoms with Gasteiger partial charge in [0.15, 0.2) is 0 Å². The van der Waals surface area contributed by atoms with Crippen LogP contribution in [0.4, 0.5) is 4.79 Å². The van der Waals surface area contributed by atoms with Crippen molar-refractivity contribution in [3.63, 3.8) is 0 Å². The largest absolute Gasteiger partial charge is 0.341 e. The minimum absolute atomic E-state index is 0.0688. The van der Waals surface area contributed by atoms with Crippen LogP contribution in [0, 0.1) is 0 Å². The van der Waals surface area contributed by atoms with Gasteiger partial charge >= 0.3 is 6.03 Å². The molecule has 3 amide bonds. The van der Waals surface area contributed by atoms with Crippen LogP contribution in [0.5, 0.6) is 0 Å². The van der Waals surface area contributed by atoms with Crippen LogP contribution in [-0.2, 0) is 4.79 Å². The molecule has 0 aromatic carbocycles. The highest BCUT2D eigenvalue weighted by atomic mass is 32.2. The molecule has 0 aliphatic carbocycles. The molecular formula is C12H13N5O2S2. The first-order chi connectivity index (χ1) is 10.2. The van der Waals surface area contributed by atoms with E-state index in [1.807, 2.05) is 29.7 Å². The zero-order valence-corrected chi connectivity index (χ0v) is 12.8. The number of nitrogens with zero attached hydrogens (tertiary/aromatic N) is 2. The van der Waals surface area contributed by atoms with E-state index in [1.165, 1.54) is 7.05 Å². The summed E-state index contributed by atoms with van der Waals surface area (Å²) in [5, 5.41) is 13.7. The van der Waals surface area contributed by atoms with Gasteiger partial charge in [-0.2, -0.15) is 0 Å². The maximum atomic E-state index is 11.4. The van der Waals surface area contributed by atoms with E-state index in [2.05, 4.69) is 25.8 Å². The number of thiophene rings is 1. The summed E-state index contributed by atoms with van der Waals surface area (Å²) in [4.78, 5) is 27.7. The lowest BCUT2D eigenvalue weighted by Gasteiger charge is -2.00. The van der Waals surface area contributed by atoms with Gasteiger partial charge in [-0.15, -0.1) is 16.4 Å². The SMILES string of the molecule is CNC(=O)NC(=O)CSc1n[nH]c(/C=C/c2cccs2)n1. The van der Waals surface area contributed by atoms with Crippen LogP contribution in [0.3, 0.4) is 0 Å². The van der Waals surface area contributed by atoms with E-state index in [0.717, 1.165) is 16.6 Å². The third-order valence-corrected chi connectivity index (χ3v) is 3.93. The molecule has 0 atom stereocenters. The number of amides is 3. The monoisotopic (exact) mass is 323 g/mol. The second-order valence-electron chi connectivity index (χ2n) is 3.77. The van der Waals surface area contributed by atoms with Crippen molar-refractivity contribution in [2.75, 3.05) is 12.8 Å². The van der Waals surface area contributed by atoms with Gasteiger partial charge in [0, 0.05) is 11.9 Å². The molecule has 0 unspecified atom stereocenters. The number of aromatic nitrogens is 3. The highest BCUT2D eigenvalue weighted by molar-refractivity contribution is 7.99. The Balaban J connectivity index is 1.83. The smallest absolute Gasteiger partial charge is 0.321 e. The molecule has 2 rings (SSSR count). The molecule has 110 valence electrons. The van der Waals surface area contributed by atoms with Crippen molar-refractivity contribution in [3.05, 3.63) is 28.2 Å². The van der Waals surface area contributed by atoms with Crippen LogP contribution in [0.2, 0.25) is 0 Å². The van der Waals surface area contributed by atoms with E-state index in [4.69, 9.17) is 0 Å². The second kappa shape index (κ2) is 7.60. The zero-order chi connectivity index (χ0) is 15.1. The van der Waals surface area contributed by atoms with Crippen molar-refractivity contribution in [2.45, 2.75) is 5.16 Å². The van der Waals surface area contributed by atoms with Crippen LogP contribution in [0.15, 0.2) is 22.7 Å². The van der Waals surface area contributed by atoms with Gasteiger partial charge in [-0.1, -0.05) is 17.8 Å². The van der Waals surface area contributed by atoms with Crippen molar-refractivity contribution in [1.82, 2.24) is 25.8 Å². The van der Waals surface area contributed by atoms with E-state index in [1.54, 1.807) is 11.3 Å². The van der Waals surface area contributed by atoms with Crippen LogP contribution in [0.1, 0.15) is 10.7 Å². The lowest BCUT2D eigenvalue weighted by Crippen LogP contribution is -2.38. The van der Waals surface area contributed by atoms with E-state index >= 15 is 0 Å². The van der Waals surface area contributed by atoms with Gasteiger partial charge in [0.25, 0.3) is 0 Å². The number of thioether (sulfide) groups is 1. The summed E-state index contributed by atoms with van der Waals surface area (Å²) in [5.41, 5.74) is 0. The number of rotatable bonds is 5. The van der Waals surface area contributed by atoms with Crippen LogP contribution in [-0.4, -0.2) is 39.9 Å². The zero-order valence-electron chi connectivity index (χ0n) is 11.1. The first-order valence-corrected chi connectivity index (χ1v) is 7.82. The van der Waals surface area contributed by atoms with E-state index < -0.39 is 11.9 Å². The van der Waals surface area contributed by atoms with Crippen LogP contribution >= 0.6 is 23.1 Å². The molecule has 0 saturated carbocycles. The van der Waals surface area contributed by atoms with E-state index in [0.29, 0.717) is 11.0 Å². The fraction of sp³-hybridized carbons (Fsp3) is 0.167. The van der Waals surface area contributed by atoms with Gasteiger partial charge in [-0.3, -0.25) is 15.2 Å². The molecule has 3 N–H and O–H groups in total. The molecule has 7 nitrogen and oxygen atoms in total. The van der Waals surface area contributed by atoms with E-state index in [9.17, 15) is 9.59 Å². The lowest BCUT2D eigenvalue weighted by molar-refractivity contribution is -0.117. The molecule has 0 radical (unpaired) electrons. The second-order valence-corrected chi connectivity index (χ2v) is 5.69. The van der Waals surface area contributed by atoms with E-state index in [-0.39, 0.29) is 5.75 Å². The van der Waals surface area contributed by atoms with Crippen molar-refractivity contribution in [2.24, 2.45) is 0 Å². The standard InChI is InChI=1S/C12H13N5O2S2/c1-13-11(19)15-10(18)7-21-12-14-9(16-17-12)5-4-8-3-2-6-20-8/h2-6H,7H2,1H3,(H,14,16,17)(H2,13,15,18,19)/b5-4+. The van der Waals surface area contributed by atoms with Crippen molar-refractivity contribution in [3.8, 4) is 0 Å². The molecule has 0 aliphatic rings. The summed E-state index contributed by atoms with van der Waals surface area (Å²) in [6.07, 6.45) is 3.74. The first kappa shape index (κ1) is 15.3. The predicted octanol–water partition coefficient (Wildman–Crippen LogP) is 1.58. The van der Waals surface area contributed by atoms with Crippen molar-refractivity contribution < 1.29 is 9.59 Å². The minimum Gasteiger partial charge on any atom is -0.341 e. The summed E-state index contributed by atoms with van der Waals surface area (Å²) in [7, 11) is 1.44. The maximum Gasteiger partial charge on any atom is 0.321 e. The molecule has 0 bridgehead atoms. The van der Waals surface area contributed by atoms with Crippen molar-refractivity contribution >= 4 is 47.2 Å². The molecule has 2 aromatic heterocycles. The normalized spacial score (nSPS) is 10.7. The molecule has 2 heterocycles. The number of hydrogen-bond acceptors (Lipinski definition) is 6. The quantitative estimate of drug-likeness (QED) is 0.726. The summed E-state index contributed by atoms with van der Waals surface area (Å²) in [6.45, 7) is 0. The van der Waals surface area contributed by atoms with Gasteiger partial charge in [0.05, 0.1) is 5.75 Å². The number of H-pyrrole nitrogens is 1. The number of imide groups is 1. The molecule has 9 heteroatoms. The topological polar surface area (TPSA) is 99.8 Å². The molecule has 0 spiro atoms. The van der Waals surface area contributed by atoms with Gasteiger partial charge in [0.2, 0.25) is 11.1 Å². The van der Waals surface area contributed by atoms with Crippen molar-refractivity contribution in [1.29, 1.82) is 0 Å². The fourth-order valence-corrected chi connectivity index (χ4v) is 2.52. The van der Waals surface area contributed by atoms with Gasteiger partial charge < -0.3 is 5.32 Å². The Hall–Kier alpha value is -2.13. The van der Waals surface area contributed by atoms with Crippen LogP contribution < -0.4 is 10.6 Å². The Kier molecular flexibility index (Phi) is 5.52. The van der Waals surface area contributed by atoms with Gasteiger partial charge in [-0.25, -0.2) is 9.78 Å². The summed E-state index contributed by atoms with van der Waals surface area (Å²) in [5.74, 6) is 0.275. The number of nitrogens with one attached hydrogen (secondary N) is 3. The third-order valence-electron chi connectivity index (χ3n) is 2.24. The Morgan fingerprint density at radius 2 is 2.33 bits per heavy atom.